The van der Waals surface area contributed by atoms with Crippen LogP contribution in [0.1, 0.15) is 28.5 Å². The van der Waals surface area contributed by atoms with E-state index in [-0.39, 0.29) is 11.1 Å². The van der Waals surface area contributed by atoms with Gasteiger partial charge in [-0.3, -0.25) is 4.79 Å². The Balaban J connectivity index is 2.30. The fourth-order valence-electron chi connectivity index (χ4n) is 1.84. The van der Waals surface area contributed by atoms with Gasteiger partial charge in [0.25, 0.3) is 5.91 Å². The first-order valence-electron chi connectivity index (χ1n) is 6.34. The van der Waals surface area contributed by atoms with E-state index < -0.39 is 5.82 Å². The molecule has 1 heterocycles. The molecule has 0 unspecified atom stereocenters. The van der Waals surface area contributed by atoms with E-state index in [4.69, 9.17) is 11.6 Å². The van der Waals surface area contributed by atoms with Gasteiger partial charge >= 0.3 is 0 Å². The minimum atomic E-state index is -0.432. The number of nitrogens with zero attached hydrogens (tertiary/aromatic N) is 1. The molecule has 0 bridgehead atoms. The van der Waals surface area contributed by atoms with Crippen molar-refractivity contribution >= 4 is 39.1 Å². The number of aryl methyl sites for hydroxylation is 2. The van der Waals surface area contributed by atoms with Gasteiger partial charge in [0.2, 0.25) is 0 Å². The Kier molecular flexibility index (Phi) is 4.96. The molecule has 1 N–H and O–H groups in total. The average molecular weight is 372 g/mol. The molecule has 1 aromatic heterocycles. The summed E-state index contributed by atoms with van der Waals surface area (Å²) >= 11 is 9.00. The highest BCUT2D eigenvalue weighted by molar-refractivity contribution is 9.10. The lowest BCUT2D eigenvalue weighted by atomic mass is 10.1. The van der Waals surface area contributed by atoms with E-state index in [9.17, 15) is 9.18 Å². The lowest BCUT2D eigenvalue weighted by Gasteiger charge is -2.10. The first-order valence-corrected chi connectivity index (χ1v) is 7.51. The second kappa shape index (κ2) is 6.54. The molecule has 0 aliphatic carbocycles. The highest BCUT2D eigenvalue weighted by atomic mass is 79.9. The number of rotatable bonds is 3. The van der Waals surface area contributed by atoms with Crippen LogP contribution in [-0.4, -0.2) is 10.9 Å². The minimum Gasteiger partial charge on any atom is -0.322 e. The SMILES string of the molecule is CCc1cc(C(=O)Nc2cc(F)c(Br)cc2C)cc(Cl)n1. The van der Waals surface area contributed by atoms with Crippen molar-refractivity contribution in [3.8, 4) is 0 Å². The maximum Gasteiger partial charge on any atom is 0.255 e. The topological polar surface area (TPSA) is 42.0 Å². The molecule has 0 atom stereocenters. The fourth-order valence-corrected chi connectivity index (χ4v) is 2.52. The summed E-state index contributed by atoms with van der Waals surface area (Å²) in [6.07, 6.45) is 0.673. The molecule has 0 saturated carbocycles. The molecule has 0 spiro atoms. The molecule has 0 fully saturated rings. The van der Waals surface area contributed by atoms with E-state index in [1.807, 2.05) is 6.92 Å². The zero-order chi connectivity index (χ0) is 15.6. The molecular formula is C15H13BrClFN2O. The van der Waals surface area contributed by atoms with Crippen LogP contribution >= 0.6 is 27.5 Å². The number of anilines is 1. The lowest BCUT2D eigenvalue weighted by Crippen LogP contribution is -2.14. The minimum absolute atomic E-state index is 0.262. The highest BCUT2D eigenvalue weighted by Crippen LogP contribution is 2.24. The molecule has 6 heteroatoms. The van der Waals surface area contributed by atoms with Crippen molar-refractivity contribution in [1.29, 1.82) is 0 Å². The summed E-state index contributed by atoms with van der Waals surface area (Å²) < 4.78 is 13.9. The van der Waals surface area contributed by atoms with E-state index >= 15 is 0 Å². The standard InChI is InChI=1S/C15H13BrClFN2O/c1-3-10-5-9(6-14(17)19-10)15(21)20-13-7-12(18)11(16)4-8(13)2/h4-7H,3H2,1-2H3,(H,20,21). The molecular weight excluding hydrogens is 359 g/mol. The Morgan fingerprint density at radius 3 is 2.76 bits per heavy atom. The quantitative estimate of drug-likeness (QED) is 0.790. The number of amides is 1. The van der Waals surface area contributed by atoms with Crippen molar-refractivity contribution < 1.29 is 9.18 Å². The Labute approximate surface area is 135 Å². The predicted octanol–water partition coefficient (Wildman–Crippen LogP) is 4.76. The summed E-state index contributed by atoms with van der Waals surface area (Å²) in [6.45, 7) is 3.71. The number of benzene rings is 1. The van der Waals surface area contributed by atoms with Gasteiger partial charge in [-0.05, 0) is 59.1 Å². The second-order valence-corrected chi connectivity index (χ2v) is 5.80. The Hall–Kier alpha value is -1.46. The zero-order valence-electron chi connectivity index (χ0n) is 11.5. The molecule has 0 saturated heterocycles. The lowest BCUT2D eigenvalue weighted by molar-refractivity contribution is 0.102. The summed E-state index contributed by atoms with van der Waals surface area (Å²) in [7, 11) is 0. The maximum absolute atomic E-state index is 13.6. The smallest absolute Gasteiger partial charge is 0.255 e. The summed E-state index contributed by atoms with van der Waals surface area (Å²) in [4.78, 5) is 16.4. The number of aromatic nitrogens is 1. The number of hydrogen-bond donors (Lipinski definition) is 1. The summed E-state index contributed by atoms with van der Waals surface area (Å²) in [6, 6.07) is 6.05. The van der Waals surface area contributed by atoms with Gasteiger partial charge in [-0.25, -0.2) is 9.37 Å². The Bertz CT molecular complexity index is 706. The summed E-state index contributed by atoms with van der Waals surface area (Å²) in [5.74, 6) is -0.781. The maximum atomic E-state index is 13.6. The predicted molar refractivity (Wildman–Crippen MR) is 85.4 cm³/mol. The molecule has 1 amide bonds. The van der Waals surface area contributed by atoms with Crippen LogP contribution in [0.15, 0.2) is 28.7 Å². The van der Waals surface area contributed by atoms with Crippen molar-refractivity contribution in [3.63, 3.8) is 0 Å². The normalized spacial score (nSPS) is 10.5. The number of nitrogens with one attached hydrogen (secondary N) is 1. The third-order valence-electron chi connectivity index (χ3n) is 2.99. The first kappa shape index (κ1) is 15.9. The molecule has 0 aliphatic heterocycles. The molecule has 0 aliphatic rings. The molecule has 1 aromatic carbocycles. The molecule has 21 heavy (non-hydrogen) atoms. The molecule has 0 radical (unpaired) electrons. The van der Waals surface area contributed by atoms with Crippen molar-refractivity contribution in [2.24, 2.45) is 0 Å². The van der Waals surface area contributed by atoms with E-state index in [1.54, 1.807) is 19.1 Å². The second-order valence-electron chi connectivity index (χ2n) is 4.56. The Morgan fingerprint density at radius 2 is 2.10 bits per heavy atom. The van der Waals surface area contributed by atoms with Gasteiger partial charge in [0.15, 0.2) is 0 Å². The summed E-state index contributed by atoms with van der Waals surface area (Å²) in [5, 5.41) is 2.95. The highest BCUT2D eigenvalue weighted by Gasteiger charge is 2.12. The summed E-state index contributed by atoms with van der Waals surface area (Å²) in [5.41, 5.74) is 2.31. The first-order chi connectivity index (χ1) is 9.90. The largest absolute Gasteiger partial charge is 0.322 e. The number of hydrogen-bond acceptors (Lipinski definition) is 2. The van der Waals surface area contributed by atoms with Crippen LogP contribution in [0.2, 0.25) is 5.15 Å². The van der Waals surface area contributed by atoms with E-state index in [2.05, 4.69) is 26.2 Å². The number of pyridine rings is 1. The Morgan fingerprint density at radius 1 is 1.38 bits per heavy atom. The molecule has 110 valence electrons. The van der Waals surface area contributed by atoms with Crippen LogP contribution in [0.5, 0.6) is 0 Å². The third-order valence-corrected chi connectivity index (χ3v) is 3.79. The third kappa shape index (κ3) is 3.80. The number of halogens is 3. The van der Waals surface area contributed by atoms with Gasteiger partial charge in [-0.2, -0.15) is 0 Å². The van der Waals surface area contributed by atoms with Crippen LogP contribution in [0.25, 0.3) is 0 Å². The molecule has 2 aromatic rings. The van der Waals surface area contributed by atoms with Crippen molar-refractivity contribution in [2.45, 2.75) is 20.3 Å². The fraction of sp³-hybridized carbons (Fsp3) is 0.200. The van der Waals surface area contributed by atoms with Crippen LogP contribution < -0.4 is 5.32 Å². The monoisotopic (exact) mass is 370 g/mol. The van der Waals surface area contributed by atoms with Gasteiger partial charge in [0.05, 0.1) is 4.47 Å². The average Bonchev–Trinajstić information content (AvgIpc) is 2.43. The van der Waals surface area contributed by atoms with Crippen molar-refractivity contribution in [1.82, 2.24) is 4.98 Å². The van der Waals surface area contributed by atoms with E-state index in [1.165, 1.54) is 12.1 Å². The van der Waals surface area contributed by atoms with Gasteiger partial charge < -0.3 is 5.32 Å². The van der Waals surface area contributed by atoms with Crippen LogP contribution in [-0.2, 0) is 6.42 Å². The van der Waals surface area contributed by atoms with Crippen LogP contribution in [0, 0.1) is 12.7 Å². The number of carbonyl (C=O) groups is 1. The molecule has 2 rings (SSSR count). The zero-order valence-corrected chi connectivity index (χ0v) is 13.8. The van der Waals surface area contributed by atoms with Gasteiger partial charge in [-0.1, -0.05) is 18.5 Å². The van der Waals surface area contributed by atoms with Gasteiger partial charge in [0.1, 0.15) is 11.0 Å². The van der Waals surface area contributed by atoms with Crippen molar-refractivity contribution in [3.05, 3.63) is 56.5 Å². The van der Waals surface area contributed by atoms with Crippen LogP contribution in [0.4, 0.5) is 10.1 Å². The van der Waals surface area contributed by atoms with Crippen LogP contribution in [0.3, 0.4) is 0 Å². The van der Waals surface area contributed by atoms with Crippen molar-refractivity contribution in [2.75, 3.05) is 5.32 Å². The van der Waals surface area contributed by atoms with E-state index in [0.717, 1.165) is 11.3 Å². The van der Waals surface area contributed by atoms with E-state index in [0.29, 0.717) is 22.1 Å². The van der Waals surface area contributed by atoms with Gasteiger partial charge in [-0.15, -0.1) is 0 Å². The molecule has 3 nitrogen and oxygen atoms in total. The van der Waals surface area contributed by atoms with Gasteiger partial charge in [0, 0.05) is 16.9 Å². The number of carbonyl (C=O) groups excluding carboxylic acids is 1.